The third kappa shape index (κ3) is 3.00. The van der Waals surface area contributed by atoms with Crippen molar-refractivity contribution in [3.05, 3.63) is 40.1 Å². The van der Waals surface area contributed by atoms with Crippen LogP contribution in [0.15, 0.2) is 39.4 Å². The standard InChI is InChI=1S/C26H37BrO6SSi/c1-16-9-12-18(13-10-16)34(28,29)32-21-20(27)25-17(2)11-14-19(25)23(3)15-31-26(30-5,24(21,23)4)22(25)33-35(6,7)8/h9-10,12-13,17,19,22H,11,14-15H2,1-8H3/t17-,19?,22?,23?,24?,25?,26?/m1/s1. The van der Waals surface area contributed by atoms with E-state index in [-0.39, 0.29) is 28.3 Å². The van der Waals surface area contributed by atoms with Crippen LogP contribution in [0.4, 0.5) is 0 Å². The Morgan fingerprint density at radius 1 is 1.11 bits per heavy atom. The first kappa shape index (κ1) is 25.9. The minimum atomic E-state index is -4.08. The van der Waals surface area contributed by atoms with E-state index in [1.165, 1.54) is 0 Å². The van der Waals surface area contributed by atoms with Gasteiger partial charge in [-0.25, -0.2) is 0 Å². The van der Waals surface area contributed by atoms with E-state index in [0.717, 1.165) is 22.9 Å². The van der Waals surface area contributed by atoms with E-state index in [1.807, 2.05) is 6.92 Å². The average Bonchev–Trinajstić information content (AvgIpc) is 3.21. The number of ether oxygens (including phenoxy) is 2. The molecule has 0 aromatic heterocycles. The maximum atomic E-state index is 13.6. The van der Waals surface area contributed by atoms with Crippen LogP contribution in [0.2, 0.25) is 19.6 Å². The minimum Gasteiger partial charge on any atom is -0.408 e. The molecular formula is C26H37BrO6SSi. The Morgan fingerprint density at radius 3 is 2.31 bits per heavy atom. The summed E-state index contributed by atoms with van der Waals surface area (Å²) in [5, 5.41) is 0. The Bertz CT molecular complexity index is 1190. The van der Waals surface area contributed by atoms with Crippen molar-refractivity contribution in [2.45, 2.75) is 77.0 Å². The molecule has 1 aromatic rings. The van der Waals surface area contributed by atoms with Gasteiger partial charge in [0.15, 0.2) is 8.32 Å². The third-order valence-corrected chi connectivity index (χ3v) is 12.8. The molecule has 2 saturated carbocycles. The van der Waals surface area contributed by atoms with Gasteiger partial charge in [0.1, 0.15) is 16.8 Å². The smallest absolute Gasteiger partial charge is 0.338 e. The van der Waals surface area contributed by atoms with Gasteiger partial charge in [0.2, 0.25) is 5.79 Å². The van der Waals surface area contributed by atoms with Crippen LogP contribution in [0, 0.1) is 35.0 Å². The van der Waals surface area contributed by atoms with Gasteiger partial charge < -0.3 is 18.1 Å². The lowest BCUT2D eigenvalue weighted by molar-refractivity contribution is -0.337. The monoisotopic (exact) mass is 584 g/mol. The van der Waals surface area contributed by atoms with Crippen LogP contribution in [0.3, 0.4) is 0 Å². The second-order valence-corrected chi connectivity index (χ2v) is 19.1. The molecule has 4 bridgehead atoms. The summed E-state index contributed by atoms with van der Waals surface area (Å²) in [7, 11) is -4.48. The van der Waals surface area contributed by atoms with Crippen LogP contribution in [0.1, 0.15) is 39.2 Å². The summed E-state index contributed by atoms with van der Waals surface area (Å²) in [6, 6.07) is 6.76. The van der Waals surface area contributed by atoms with Crippen molar-refractivity contribution in [3.8, 4) is 0 Å². The van der Waals surface area contributed by atoms with Gasteiger partial charge in [-0.05, 0) is 70.3 Å². The molecule has 35 heavy (non-hydrogen) atoms. The molecule has 0 N–H and O–H groups in total. The van der Waals surface area contributed by atoms with Crippen molar-refractivity contribution in [3.63, 3.8) is 0 Å². The lowest BCUT2D eigenvalue weighted by Gasteiger charge is -2.69. The van der Waals surface area contributed by atoms with Crippen LogP contribution in [-0.2, 0) is 28.2 Å². The first-order chi connectivity index (χ1) is 16.1. The van der Waals surface area contributed by atoms with E-state index in [0.29, 0.717) is 12.4 Å². The quantitative estimate of drug-likeness (QED) is 0.303. The van der Waals surface area contributed by atoms with Gasteiger partial charge in [-0.15, -0.1) is 0 Å². The molecule has 6 rings (SSSR count). The third-order valence-electron chi connectivity index (χ3n) is 9.57. The predicted molar refractivity (Wildman–Crippen MR) is 140 cm³/mol. The Kier molecular flexibility index (Phi) is 5.68. The number of hydrogen-bond donors (Lipinski definition) is 0. The van der Waals surface area contributed by atoms with E-state index in [1.54, 1.807) is 31.4 Å². The highest BCUT2D eigenvalue weighted by molar-refractivity contribution is 9.11. The second kappa shape index (κ2) is 7.66. The molecule has 7 atom stereocenters. The Hall–Kier alpha value is -0.713. The van der Waals surface area contributed by atoms with Gasteiger partial charge in [-0.1, -0.05) is 47.5 Å². The zero-order valence-corrected chi connectivity index (χ0v) is 25.3. The van der Waals surface area contributed by atoms with Crippen LogP contribution >= 0.6 is 15.9 Å². The van der Waals surface area contributed by atoms with Gasteiger partial charge in [-0.3, -0.25) is 0 Å². The summed E-state index contributed by atoms with van der Waals surface area (Å²) >= 11 is 3.94. The van der Waals surface area contributed by atoms with Crippen LogP contribution < -0.4 is 0 Å². The molecule has 1 saturated heterocycles. The molecule has 0 radical (unpaired) electrons. The van der Waals surface area contributed by atoms with Gasteiger partial charge in [0.25, 0.3) is 0 Å². The summed E-state index contributed by atoms with van der Waals surface area (Å²) in [5.41, 5.74) is -0.787. The molecule has 1 aliphatic heterocycles. The van der Waals surface area contributed by atoms with Crippen molar-refractivity contribution in [2.75, 3.05) is 13.7 Å². The lowest BCUT2D eigenvalue weighted by Crippen LogP contribution is -2.76. The molecule has 1 spiro atoms. The first-order valence-corrected chi connectivity index (χ1v) is 18.0. The molecule has 6 nitrogen and oxygen atoms in total. The molecule has 5 aliphatic rings. The number of rotatable bonds is 6. The largest absolute Gasteiger partial charge is 0.408 e. The maximum Gasteiger partial charge on any atom is 0.338 e. The number of hydrogen-bond acceptors (Lipinski definition) is 6. The summed E-state index contributed by atoms with van der Waals surface area (Å²) in [6.07, 6.45) is 1.67. The Morgan fingerprint density at radius 2 is 1.74 bits per heavy atom. The normalized spacial score (nSPS) is 42.5. The van der Waals surface area contributed by atoms with Crippen molar-refractivity contribution in [1.29, 1.82) is 0 Å². The molecule has 0 amide bonds. The fourth-order valence-electron chi connectivity index (χ4n) is 7.77. The van der Waals surface area contributed by atoms with E-state index in [9.17, 15) is 8.42 Å². The highest BCUT2D eigenvalue weighted by Gasteiger charge is 2.88. The number of aryl methyl sites for hydroxylation is 1. The van der Waals surface area contributed by atoms with Crippen molar-refractivity contribution >= 4 is 34.4 Å². The van der Waals surface area contributed by atoms with E-state index in [4.69, 9.17) is 18.1 Å². The fourth-order valence-corrected chi connectivity index (χ4v) is 11.3. The molecule has 3 fully saturated rings. The highest BCUT2D eigenvalue weighted by Crippen LogP contribution is 2.83. The van der Waals surface area contributed by atoms with E-state index in [2.05, 4.69) is 56.3 Å². The van der Waals surface area contributed by atoms with Crippen LogP contribution in [-0.4, -0.2) is 42.3 Å². The maximum absolute atomic E-state index is 13.6. The van der Waals surface area contributed by atoms with E-state index < -0.39 is 35.1 Å². The summed E-state index contributed by atoms with van der Waals surface area (Å²) in [6.45, 7) is 15.4. The molecule has 1 aromatic carbocycles. The second-order valence-electron chi connectivity index (χ2n) is 12.3. The Labute approximate surface area is 219 Å². The summed E-state index contributed by atoms with van der Waals surface area (Å²) in [4.78, 5) is 0.134. The van der Waals surface area contributed by atoms with Gasteiger partial charge in [0, 0.05) is 22.4 Å². The van der Waals surface area contributed by atoms with Gasteiger partial charge >= 0.3 is 10.1 Å². The SMILES string of the molecule is COC12OCC3(C)C4CC[C@@H](C)C4(C(Br)=C(OS(=O)(=O)c4ccc(C)cc4)C31C)C2O[Si](C)(C)C. The summed E-state index contributed by atoms with van der Waals surface area (Å²) < 4.78 is 54.2. The predicted octanol–water partition coefficient (Wildman–Crippen LogP) is 5.97. The van der Waals surface area contributed by atoms with Crippen molar-refractivity contribution < 1.29 is 26.5 Å². The van der Waals surface area contributed by atoms with Gasteiger partial charge in [0.05, 0.1) is 12.0 Å². The zero-order valence-electron chi connectivity index (χ0n) is 21.9. The topological polar surface area (TPSA) is 71.1 Å². The van der Waals surface area contributed by atoms with Crippen molar-refractivity contribution in [2.24, 2.45) is 28.1 Å². The Balaban J connectivity index is 1.78. The first-order valence-electron chi connectivity index (χ1n) is 12.4. The van der Waals surface area contributed by atoms with E-state index >= 15 is 0 Å². The minimum absolute atomic E-state index is 0.134. The number of halogens is 1. The molecule has 1 heterocycles. The molecular weight excluding hydrogens is 548 g/mol. The van der Waals surface area contributed by atoms with Crippen molar-refractivity contribution in [1.82, 2.24) is 0 Å². The number of methoxy groups -OCH3 is 1. The highest BCUT2D eigenvalue weighted by atomic mass is 79.9. The molecule has 9 heteroatoms. The molecule has 4 aliphatic carbocycles. The summed E-state index contributed by atoms with van der Waals surface area (Å²) in [5.74, 6) is -0.289. The number of benzene rings is 1. The van der Waals surface area contributed by atoms with Crippen LogP contribution in [0.5, 0.6) is 0 Å². The average molecular weight is 586 g/mol. The van der Waals surface area contributed by atoms with Crippen LogP contribution in [0.25, 0.3) is 0 Å². The lowest BCUT2D eigenvalue weighted by atomic mass is 9.39. The zero-order chi connectivity index (χ0) is 25.8. The molecule has 194 valence electrons. The van der Waals surface area contributed by atoms with Gasteiger partial charge in [-0.2, -0.15) is 8.42 Å². The molecule has 6 unspecified atom stereocenters. The fraction of sp³-hybridized carbons (Fsp3) is 0.692.